The van der Waals surface area contributed by atoms with Crippen molar-refractivity contribution < 1.29 is 0 Å². The SMILES string of the molecule is Nc1ccc(CSC(c2ccccc2)c2ccccc2)cc1. The maximum atomic E-state index is 5.76. The van der Waals surface area contributed by atoms with Crippen LogP contribution in [0.3, 0.4) is 0 Å². The monoisotopic (exact) mass is 305 g/mol. The first-order chi connectivity index (χ1) is 10.8. The standard InChI is InChI=1S/C20H19NS/c21-19-13-11-16(12-14-19)15-22-20(17-7-3-1-4-8-17)18-9-5-2-6-10-18/h1-14,20H,15,21H2. The summed E-state index contributed by atoms with van der Waals surface area (Å²) in [6.45, 7) is 0. The van der Waals surface area contributed by atoms with Crippen molar-refractivity contribution in [3.05, 3.63) is 102 Å². The highest BCUT2D eigenvalue weighted by Gasteiger charge is 2.14. The smallest absolute Gasteiger partial charge is 0.0549 e. The second-order valence-electron chi connectivity index (χ2n) is 5.25. The van der Waals surface area contributed by atoms with Crippen molar-refractivity contribution in [2.75, 3.05) is 5.73 Å². The summed E-state index contributed by atoms with van der Waals surface area (Å²) in [5.74, 6) is 0.967. The number of hydrogen-bond donors (Lipinski definition) is 1. The number of anilines is 1. The Balaban J connectivity index is 1.81. The van der Waals surface area contributed by atoms with Crippen LogP contribution in [-0.2, 0) is 5.75 Å². The van der Waals surface area contributed by atoms with Gasteiger partial charge in [-0.3, -0.25) is 0 Å². The highest BCUT2D eigenvalue weighted by molar-refractivity contribution is 7.98. The molecule has 0 saturated heterocycles. The second-order valence-corrected chi connectivity index (χ2v) is 6.35. The second kappa shape index (κ2) is 7.19. The van der Waals surface area contributed by atoms with E-state index >= 15 is 0 Å². The quantitative estimate of drug-likeness (QED) is 0.648. The lowest BCUT2D eigenvalue weighted by Crippen LogP contribution is -1.97. The van der Waals surface area contributed by atoms with Crippen molar-refractivity contribution in [3.8, 4) is 0 Å². The molecule has 3 rings (SSSR count). The minimum atomic E-state index is 0.347. The van der Waals surface area contributed by atoms with Gasteiger partial charge in [-0.05, 0) is 28.8 Å². The molecule has 0 unspecified atom stereocenters. The van der Waals surface area contributed by atoms with Crippen molar-refractivity contribution in [2.45, 2.75) is 11.0 Å². The van der Waals surface area contributed by atoms with Crippen LogP contribution in [-0.4, -0.2) is 0 Å². The van der Waals surface area contributed by atoms with E-state index < -0.39 is 0 Å². The fourth-order valence-corrected chi connectivity index (χ4v) is 3.68. The van der Waals surface area contributed by atoms with Crippen LogP contribution in [0.2, 0.25) is 0 Å². The van der Waals surface area contributed by atoms with Crippen molar-refractivity contribution in [1.82, 2.24) is 0 Å². The number of hydrogen-bond acceptors (Lipinski definition) is 2. The third-order valence-electron chi connectivity index (χ3n) is 3.60. The fourth-order valence-electron chi connectivity index (χ4n) is 2.43. The summed E-state index contributed by atoms with van der Waals surface area (Å²) in [7, 11) is 0. The molecule has 2 heteroatoms. The molecule has 110 valence electrons. The Morgan fingerprint density at radius 1 is 0.682 bits per heavy atom. The molecule has 0 amide bonds. The highest BCUT2D eigenvalue weighted by atomic mass is 32.2. The van der Waals surface area contributed by atoms with E-state index in [-0.39, 0.29) is 0 Å². The Kier molecular flexibility index (Phi) is 4.81. The van der Waals surface area contributed by atoms with Crippen LogP contribution in [0.1, 0.15) is 21.9 Å². The average molecular weight is 305 g/mol. The topological polar surface area (TPSA) is 26.0 Å². The van der Waals surface area contributed by atoms with Gasteiger partial charge in [-0.25, -0.2) is 0 Å². The largest absolute Gasteiger partial charge is 0.399 e. The van der Waals surface area contributed by atoms with Crippen molar-refractivity contribution in [2.24, 2.45) is 0 Å². The van der Waals surface area contributed by atoms with E-state index in [1.54, 1.807) is 0 Å². The Morgan fingerprint density at radius 3 is 1.68 bits per heavy atom. The van der Waals surface area contributed by atoms with Gasteiger partial charge in [0.05, 0.1) is 5.25 Å². The van der Waals surface area contributed by atoms with E-state index in [1.165, 1.54) is 16.7 Å². The molecular formula is C20H19NS. The molecule has 0 bridgehead atoms. The lowest BCUT2D eigenvalue weighted by atomic mass is 10.0. The normalized spacial score (nSPS) is 10.8. The van der Waals surface area contributed by atoms with Gasteiger partial charge in [-0.1, -0.05) is 72.8 Å². The molecule has 0 aliphatic carbocycles. The average Bonchev–Trinajstić information content (AvgIpc) is 2.59. The molecule has 22 heavy (non-hydrogen) atoms. The van der Waals surface area contributed by atoms with Crippen LogP contribution in [0.4, 0.5) is 5.69 Å². The maximum absolute atomic E-state index is 5.76. The molecule has 0 atom stereocenters. The minimum absolute atomic E-state index is 0.347. The third-order valence-corrected chi connectivity index (χ3v) is 4.98. The van der Waals surface area contributed by atoms with E-state index in [0.29, 0.717) is 5.25 Å². The predicted molar refractivity (Wildman–Crippen MR) is 96.9 cm³/mol. The molecule has 3 aromatic carbocycles. The van der Waals surface area contributed by atoms with Gasteiger partial charge >= 0.3 is 0 Å². The molecule has 3 aromatic rings. The Labute approximate surface area is 136 Å². The van der Waals surface area contributed by atoms with E-state index in [0.717, 1.165) is 11.4 Å². The van der Waals surface area contributed by atoms with E-state index in [4.69, 9.17) is 5.73 Å². The molecule has 0 aliphatic rings. The van der Waals surface area contributed by atoms with Gasteiger partial charge in [-0.2, -0.15) is 0 Å². The summed E-state index contributed by atoms with van der Waals surface area (Å²) in [5.41, 5.74) is 10.6. The van der Waals surface area contributed by atoms with Gasteiger partial charge < -0.3 is 5.73 Å². The zero-order valence-corrected chi connectivity index (χ0v) is 13.2. The molecule has 0 saturated carbocycles. The molecule has 0 radical (unpaired) electrons. The first-order valence-corrected chi connectivity index (χ1v) is 8.44. The summed E-state index contributed by atoms with van der Waals surface area (Å²) >= 11 is 1.95. The zero-order valence-electron chi connectivity index (χ0n) is 12.4. The van der Waals surface area contributed by atoms with Crippen LogP contribution < -0.4 is 5.73 Å². The van der Waals surface area contributed by atoms with E-state index in [1.807, 2.05) is 23.9 Å². The first-order valence-electron chi connectivity index (χ1n) is 7.39. The Hall–Kier alpha value is -2.19. The number of benzene rings is 3. The zero-order chi connectivity index (χ0) is 15.2. The Morgan fingerprint density at radius 2 is 1.18 bits per heavy atom. The van der Waals surface area contributed by atoms with Gasteiger partial charge in [-0.15, -0.1) is 11.8 Å². The van der Waals surface area contributed by atoms with Crippen LogP contribution in [0.15, 0.2) is 84.9 Å². The first kappa shape index (κ1) is 14.7. The molecule has 0 fully saturated rings. The minimum Gasteiger partial charge on any atom is -0.399 e. The van der Waals surface area contributed by atoms with Gasteiger partial charge in [0.1, 0.15) is 0 Å². The summed E-state index contributed by atoms with van der Waals surface area (Å²) in [6.07, 6.45) is 0. The summed E-state index contributed by atoms with van der Waals surface area (Å²) < 4.78 is 0. The van der Waals surface area contributed by atoms with Crippen molar-refractivity contribution in [3.63, 3.8) is 0 Å². The summed E-state index contributed by atoms with van der Waals surface area (Å²) in [4.78, 5) is 0. The number of nitrogen functional groups attached to an aromatic ring is 1. The maximum Gasteiger partial charge on any atom is 0.0549 e. The molecule has 0 spiro atoms. The molecular weight excluding hydrogens is 286 g/mol. The number of rotatable bonds is 5. The molecule has 1 nitrogen and oxygen atoms in total. The lowest BCUT2D eigenvalue weighted by Gasteiger charge is -2.18. The van der Waals surface area contributed by atoms with Crippen molar-refractivity contribution >= 4 is 17.4 Å². The van der Waals surface area contributed by atoms with Crippen LogP contribution in [0.25, 0.3) is 0 Å². The van der Waals surface area contributed by atoms with Crippen LogP contribution in [0.5, 0.6) is 0 Å². The van der Waals surface area contributed by atoms with Gasteiger partial charge in [0.15, 0.2) is 0 Å². The summed E-state index contributed by atoms with van der Waals surface area (Å²) in [6, 6.07) is 29.5. The van der Waals surface area contributed by atoms with E-state index in [9.17, 15) is 0 Å². The highest BCUT2D eigenvalue weighted by Crippen LogP contribution is 2.37. The van der Waals surface area contributed by atoms with E-state index in [2.05, 4.69) is 72.8 Å². The van der Waals surface area contributed by atoms with Crippen molar-refractivity contribution in [1.29, 1.82) is 0 Å². The van der Waals surface area contributed by atoms with Gasteiger partial charge in [0, 0.05) is 11.4 Å². The number of nitrogens with two attached hydrogens (primary N) is 1. The predicted octanol–water partition coefficient (Wildman–Crippen LogP) is 5.29. The molecule has 0 aliphatic heterocycles. The van der Waals surface area contributed by atoms with Gasteiger partial charge in [0.2, 0.25) is 0 Å². The lowest BCUT2D eigenvalue weighted by molar-refractivity contribution is 1.15. The summed E-state index contributed by atoms with van der Waals surface area (Å²) in [5, 5.41) is 0.347. The van der Waals surface area contributed by atoms with Gasteiger partial charge in [0.25, 0.3) is 0 Å². The Bertz CT molecular complexity index is 653. The molecule has 2 N–H and O–H groups in total. The third kappa shape index (κ3) is 3.71. The van der Waals surface area contributed by atoms with Crippen LogP contribution >= 0.6 is 11.8 Å². The fraction of sp³-hybridized carbons (Fsp3) is 0.100. The number of thioether (sulfide) groups is 1. The molecule has 0 aromatic heterocycles. The van der Waals surface area contributed by atoms with Crippen LogP contribution in [0, 0.1) is 0 Å². The molecule has 0 heterocycles.